The van der Waals surface area contributed by atoms with Gasteiger partial charge in [0.1, 0.15) is 5.56 Å². The number of ether oxygens (including phenoxy) is 1. The first-order valence-corrected chi connectivity index (χ1v) is 8.62. The molecule has 1 N–H and O–H groups in total. The van der Waals surface area contributed by atoms with Gasteiger partial charge in [0.05, 0.1) is 11.6 Å². The quantitative estimate of drug-likeness (QED) is 0.438. The van der Waals surface area contributed by atoms with Gasteiger partial charge in [0.2, 0.25) is 5.43 Å². The van der Waals surface area contributed by atoms with E-state index < -0.39 is 5.97 Å². The smallest absolute Gasteiger partial charge is 0.343 e. The average molecular weight is 413 g/mol. The number of hydrogen-bond donors (Lipinski definition) is 1. The summed E-state index contributed by atoms with van der Waals surface area (Å²) in [6, 6.07) is 5.46. The van der Waals surface area contributed by atoms with Gasteiger partial charge in [0.15, 0.2) is 0 Å². The number of carbonyl (C=O) groups is 1. The van der Waals surface area contributed by atoms with E-state index in [0.29, 0.717) is 5.39 Å². The van der Waals surface area contributed by atoms with Crippen LogP contribution in [0.1, 0.15) is 49.9 Å². The molecule has 0 amide bonds. The number of pyridine rings is 1. The van der Waals surface area contributed by atoms with Crippen molar-refractivity contribution in [3.63, 3.8) is 0 Å². The molecule has 2 rings (SSSR count). The zero-order valence-electron chi connectivity index (χ0n) is 12.8. The number of fused-ring (bicyclic) bond motifs is 1. The van der Waals surface area contributed by atoms with Crippen LogP contribution in [0.25, 0.3) is 10.9 Å². The molecule has 1 heterocycles. The van der Waals surface area contributed by atoms with E-state index in [1.165, 1.54) is 6.20 Å². The van der Waals surface area contributed by atoms with Crippen molar-refractivity contribution >= 4 is 39.5 Å². The number of H-pyrrole nitrogens is 1. The lowest BCUT2D eigenvalue weighted by Crippen LogP contribution is -2.22. The van der Waals surface area contributed by atoms with Crippen LogP contribution >= 0.6 is 22.6 Å². The van der Waals surface area contributed by atoms with E-state index in [2.05, 4.69) is 34.5 Å². The van der Waals surface area contributed by atoms with Gasteiger partial charge < -0.3 is 9.72 Å². The number of rotatable bonds is 6. The fourth-order valence-electron chi connectivity index (χ4n) is 2.33. The number of unbranched alkanes of at least 4 members (excludes halogenated alkanes) is 2. The van der Waals surface area contributed by atoms with E-state index >= 15 is 0 Å². The molecule has 1 unspecified atom stereocenters. The minimum atomic E-state index is -0.550. The Morgan fingerprint density at radius 3 is 2.86 bits per heavy atom. The van der Waals surface area contributed by atoms with Crippen molar-refractivity contribution in [1.29, 1.82) is 0 Å². The molecule has 22 heavy (non-hydrogen) atoms. The molecule has 0 bridgehead atoms. The second kappa shape index (κ2) is 7.76. The maximum atomic E-state index is 12.4. The first kappa shape index (κ1) is 17.0. The molecule has 118 valence electrons. The van der Waals surface area contributed by atoms with Crippen LogP contribution in [0.15, 0.2) is 29.2 Å². The Morgan fingerprint density at radius 2 is 2.14 bits per heavy atom. The van der Waals surface area contributed by atoms with Gasteiger partial charge in [-0.05, 0) is 60.6 Å². The summed E-state index contributed by atoms with van der Waals surface area (Å²) in [4.78, 5) is 27.6. The largest absolute Gasteiger partial charge is 0.459 e. The number of hydrogen-bond acceptors (Lipinski definition) is 3. The lowest BCUT2D eigenvalue weighted by atomic mass is 10.1. The van der Waals surface area contributed by atoms with Crippen LogP contribution in [0, 0.1) is 3.57 Å². The predicted octanol–water partition coefficient (Wildman–Crippen LogP) is 4.26. The topological polar surface area (TPSA) is 59.2 Å². The number of aromatic nitrogens is 1. The van der Waals surface area contributed by atoms with Gasteiger partial charge in [-0.2, -0.15) is 0 Å². The summed E-state index contributed by atoms with van der Waals surface area (Å²) in [5, 5.41) is 0.508. The molecule has 2 aromatic rings. The Kier molecular flexibility index (Phi) is 5.99. The molecule has 1 atom stereocenters. The molecule has 0 spiro atoms. The van der Waals surface area contributed by atoms with Gasteiger partial charge in [-0.25, -0.2) is 4.79 Å². The van der Waals surface area contributed by atoms with E-state index in [1.807, 2.05) is 19.1 Å². The molecule has 0 aliphatic rings. The fourth-order valence-corrected chi connectivity index (χ4v) is 2.82. The van der Waals surface area contributed by atoms with Crippen molar-refractivity contribution in [2.24, 2.45) is 0 Å². The van der Waals surface area contributed by atoms with Crippen molar-refractivity contribution in [3.8, 4) is 0 Å². The number of benzene rings is 1. The van der Waals surface area contributed by atoms with E-state index in [-0.39, 0.29) is 17.1 Å². The summed E-state index contributed by atoms with van der Waals surface area (Å²) in [5.41, 5.74) is 0.511. The maximum absolute atomic E-state index is 12.4. The maximum Gasteiger partial charge on any atom is 0.343 e. The summed E-state index contributed by atoms with van der Waals surface area (Å²) in [6.07, 6.45) is 5.37. The highest BCUT2D eigenvalue weighted by Gasteiger charge is 2.17. The van der Waals surface area contributed by atoms with Gasteiger partial charge in [0.25, 0.3) is 0 Å². The standard InChI is InChI=1S/C17H20INO3/c1-3-4-5-6-11(2)22-17(21)14-10-19-15-9-12(18)7-8-13(15)16(14)20/h7-11H,3-6H2,1-2H3,(H,19,20). The predicted molar refractivity (Wildman–Crippen MR) is 96.3 cm³/mol. The first-order chi connectivity index (χ1) is 10.5. The van der Waals surface area contributed by atoms with E-state index in [9.17, 15) is 9.59 Å². The average Bonchev–Trinajstić information content (AvgIpc) is 2.47. The molecule has 0 aliphatic carbocycles. The molecule has 1 aromatic carbocycles. The summed E-state index contributed by atoms with van der Waals surface area (Å²) in [6.45, 7) is 4.00. The van der Waals surface area contributed by atoms with Gasteiger partial charge >= 0.3 is 5.97 Å². The third kappa shape index (κ3) is 4.09. The molecule has 0 fully saturated rings. The molecule has 1 aromatic heterocycles. The van der Waals surface area contributed by atoms with Gasteiger partial charge in [-0.1, -0.05) is 19.8 Å². The SMILES string of the molecule is CCCCCC(C)OC(=O)c1c[nH]c2cc(I)ccc2c1=O. The van der Waals surface area contributed by atoms with E-state index in [0.717, 1.165) is 34.8 Å². The monoisotopic (exact) mass is 413 g/mol. The molecule has 0 saturated carbocycles. The molecule has 4 nitrogen and oxygen atoms in total. The molecule has 0 aliphatic heterocycles. The number of carbonyl (C=O) groups excluding carboxylic acids is 1. The van der Waals surface area contributed by atoms with Crippen molar-refractivity contribution in [1.82, 2.24) is 4.98 Å². The summed E-state index contributed by atoms with van der Waals surface area (Å²) in [7, 11) is 0. The van der Waals surface area contributed by atoms with Gasteiger partial charge in [-0.3, -0.25) is 4.79 Å². The van der Waals surface area contributed by atoms with Gasteiger partial charge in [0, 0.05) is 15.2 Å². The normalized spacial score (nSPS) is 12.3. The Labute approximate surface area is 143 Å². The summed E-state index contributed by atoms with van der Waals surface area (Å²) >= 11 is 2.18. The lowest BCUT2D eigenvalue weighted by Gasteiger charge is -2.13. The fraction of sp³-hybridized carbons (Fsp3) is 0.412. The second-order valence-electron chi connectivity index (χ2n) is 5.43. The Hall–Kier alpha value is -1.37. The number of halogens is 1. The Balaban J connectivity index is 2.16. The van der Waals surface area contributed by atoms with E-state index in [1.54, 1.807) is 6.07 Å². The van der Waals surface area contributed by atoms with Crippen molar-refractivity contribution in [2.45, 2.75) is 45.6 Å². The van der Waals surface area contributed by atoms with Crippen molar-refractivity contribution in [2.75, 3.05) is 0 Å². The highest BCUT2D eigenvalue weighted by atomic mass is 127. The van der Waals surface area contributed by atoms with Crippen molar-refractivity contribution in [3.05, 3.63) is 43.8 Å². The molecular weight excluding hydrogens is 393 g/mol. The van der Waals surface area contributed by atoms with Gasteiger partial charge in [-0.15, -0.1) is 0 Å². The molecule has 0 saturated heterocycles. The summed E-state index contributed by atoms with van der Waals surface area (Å²) in [5.74, 6) is -0.550. The van der Waals surface area contributed by atoms with Crippen LogP contribution in [0.4, 0.5) is 0 Å². The zero-order valence-corrected chi connectivity index (χ0v) is 15.0. The molecule has 5 heteroatoms. The minimum absolute atomic E-state index is 0.0658. The highest BCUT2D eigenvalue weighted by molar-refractivity contribution is 14.1. The van der Waals surface area contributed by atoms with Crippen molar-refractivity contribution < 1.29 is 9.53 Å². The van der Waals surface area contributed by atoms with E-state index in [4.69, 9.17) is 4.74 Å². The highest BCUT2D eigenvalue weighted by Crippen LogP contribution is 2.14. The first-order valence-electron chi connectivity index (χ1n) is 7.55. The van der Waals surface area contributed by atoms with Crippen LogP contribution < -0.4 is 5.43 Å². The third-order valence-corrected chi connectivity index (χ3v) is 4.26. The Morgan fingerprint density at radius 1 is 1.36 bits per heavy atom. The Bertz CT molecular complexity index is 723. The third-order valence-electron chi connectivity index (χ3n) is 3.59. The van der Waals surface area contributed by atoms with Crippen LogP contribution in [0.3, 0.4) is 0 Å². The second-order valence-corrected chi connectivity index (χ2v) is 6.68. The van der Waals surface area contributed by atoms with Crippen LogP contribution in [0.2, 0.25) is 0 Å². The number of esters is 1. The molecular formula is C17H20INO3. The minimum Gasteiger partial charge on any atom is -0.459 e. The van der Waals surface area contributed by atoms with Crippen LogP contribution in [-0.2, 0) is 4.74 Å². The van der Waals surface area contributed by atoms with Crippen LogP contribution in [-0.4, -0.2) is 17.1 Å². The molecule has 0 radical (unpaired) electrons. The lowest BCUT2D eigenvalue weighted by molar-refractivity contribution is 0.0318. The van der Waals surface area contributed by atoms with Crippen LogP contribution in [0.5, 0.6) is 0 Å². The summed E-state index contributed by atoms with van der Waals surface area (Å²) < 4.78 is 6.40. The number of aromatic amines is 1. The zero-order chi connectivity index (χ0) is 16.1. The number of nitrogens with one attached hydrogen (secondary N) is 1.